The van der Waals surface area contributed by atoms with Crippen LogP contribution in [-0.2, 0) is 0 Å². The average Bonchev–Trinajstić information content (AvgIpc) is 2.36. The van der Waals surface area contributed by atoms with Crippen molar-refractivity contribution in [2.24, 2.45) is 0 Å². The molecule has 2 N–H and O–H groups in total. The molecule has 0 aliphatic carbocycles. The molecule has 0 aromatic heterocycles. The highest BCUT2D eigenvalue weighted by molar-refractivity contribution is 9.10. The number of rotatable bonds is 3. The average molecular weight is 328 g/mol. The summed E-state index contributed by atoms with van der Waals surface area (Å²) in [5.74, 6) is -0.810. The Kier molecular flexibility index (Phi) is 4.04. The third-order valence-electron chi connectivity index (χ3n) is 2.76. The number of benzene rings is 2. The second kappa shape index (κ2) is 5.57. The summed E-state index contributed by atoms with van der Waals surface area (Å²) in [6.07, 6.45) is 0. The van der Waals surface area contributed by atoms with E-state index in [0.717, 1.165) is 0 Å². The number of nitrogens with one attached hydrogen (secondary N) is 1. The molecule has 1 unspecified atom stereocenters. The maximum Gasteiger partial charge on any atom is 0.125 e. The zero-order valence-corrected chi connectivity index (χ0v) is 11.7. The molecule has 0 amide bonds. The standard InChI is InChI=1S/C14H12BrF2NO/c1-8(11-6-9(16)3-5-14(11)19)18-13-7-10(17)2-4-12(13)15/h2-8,18-19H,1H3. The lowest BCUT2D eigenvalue weighted by Crippen LogP contribution is -2.08. The van der Waals surface area contributed by atoms with Crippen molar-refractivity contribution >= 4 is 21.6 Å². The molecule has 2 nitrogen and oxygen atoms in total. The van der Waals surface area contributed by atoms with E-state index in [4.69, 9.17) is 0 Å². The zero-order chi connectivity index (χ0) is 14.0. The lowest BCUT2D eigenvalue weighted by atomic mass is 10.1. The Labute approximate surface area is 118 Å². The van der Waals surface area contributed by atoms with Crippen LogP contribution in [0, 0.1) is 11.6 Å². The van der Waals surface area contributed by atoms with Crippen LogP contribution in [0.3, 0.4) is 0 Å². The van der Waals surface area contributed by atoms with E-state index in [1.165, 1.54) is 30.3 Å². The summed E-state index contributed by atoms with van der Waals surface area (Å²) >= 11 is 3.30. The first-order chi connectivity index (χ1) is 8.97. The Bertz CT molecular complexity index is 604. The molecule has 0 saturated heterocycles. The van der Waals surface area contributed by atoms with Gasteiger partial charge in [0, 0.05) is 10.0 Å². The van der Waals surface area contributed by atoms with E-state index < -0.39 is 5.82 Å². The van der Waals surface area contributed by atoms with Gasteiger partial charge in [-0.05, 0) is 59.3 Å². The normalized spacial score (nSPS) is 12.2. The first-order valence-electron chi connectivity index (χ1n) is 5.67. The molecule has 0 bridgehead atoms. The summed E-state index contributed by atoms with van der Waals surface area (Å²) in [7, 11) is 0. The summed E-state index contributed by atoms with van der Waals surface area (Å²) in [4.78, 5) is 0. The van der Waals surface area contributed by atoms with Crippen LogP contribution in [0.25, 0.3) is 0 Å². The molecule has 0 radical (unpaired) electrons. The molecule has 5 heteroatoms. The number of hydrogen-bond donors (Lipinski definition) is 2. The Hall–Kier alpha value is -1.62. The van der Waals surface area contributed by atoms with Gasteiger partial charge in [0.05, 0.1) is 11.7 Å². The molecule has 19 heavy (non-hydrogen) atoms. The van der Waals surface area contributed by atoms with Crippen molar-refractivity contribution in [2.45, 2.75) is 13.0 Å². The van der Waals surface area contributed by atoms with Crippen molar-refractivity contribution in [3.8, 4) is 5.75 Å². The number of anilines is 1. The van der Waals surface area contributed by atoms with Crippen molar-refractivity contribution in [1.29, 1.82) is 0 Å². The van der Waals surface area contributed by atoms with Crippen molar-refractivity contribution in [2.75, 3.05) is 5.32 Å². The predicted molar refractivity (Wildman–Crippen MR) is 74.2 cm³/mol. The van der Waals surface area contributed by atoms with Gasteiger partial charge in [-0.25, -0.2) is 8.78 Å². The number of phenols is 1. The van der Waals surface area contributed by atoms with Gasteiger partial charge in [0.2, 0.25) is 0 Å². The van der Waals surface area contributed by atoms with Crippen LogP contribution < -0.4 is 5.32 Å². The number of aromatic hydroxyl groups is 1. The first kappa shape index (κ1) is 13.8. The summed E-state index contributed by atoms with van der Waals surface area (Å²) in [6.45, 7) is 1.76. The van der Waals surface area contributed by atoms with Gasteiger partial charge in [0.1, 0.15) is 17.4 Å². The lowest BCUT2D eigenvalue weighted by Gasteiger charge is -2.18. The second-order valence-electron chi connectivity index (χ2n) is 4.19. The van der Waals surface area contributed by atoms with E-state index in [0.29, 0.717) is 15.7 Å². The summed E-state index contributed by atoms with van der Waals surface area (Å²) in [5.41, 5.74) is 0.951. The van der Waals surface area contributed by atoms with Gasteiger partial charge in [-0.2, -0.15) is 0 Å². The van der Waals surface area contributed by atoms with Gasteiger partial charge in [-0.1, -0.05) is 0 Å². The predicted octanol–water partition coefficient (Wildman–Crippen LogP) is 4.61. The first-order valence-corrected chi connectivity index (χ1v) is 6.46. The SMILES string of the molecule is CC(Nc1cc(F)ccc1Br)c1cc(F)ccc1O. The van der Waals surface area contributed by atoms with Gasteiger partial charge in [0.15, 0.2) is 0 Å². The van der Waals surface area contributed by atoms with E-state index in [-0.39, 0.29) is 17.6 Å². The van der Waals surface area contributed by atoms with Gasteiger partial charge >= 0.3 is 0 Å². The molecule has 0 aliphatic rings. The van der Waals surface area contributed by atoms with Gasteiger partial charge in [-0.3, -0.25) is 0 Å². The summed E-state index contributed by atoms with van der Waals surface area (Å²) < 4.78 is 27.0. The summed E-state index contributed by atoms with van der Waals surface area (Å²) in [5, 5.41) is 12.7. The molecular formula is C14H12BrF2NO. The largest absolute Gasteiger partial charge is 0.508 e. The third kappa shape index (κ3) is 3.23. The number of phenolic OH excluding ortho intramolecular Hbond substituents is 1. The molecule has 0 aliphatic heterocycles. The fraction of sp³-hybridized carbons (Fsp3) is 0.143. The fourth-order valence-electron chi connectivity index (χ4n) is 1.79. The van der Waals surface area contributed by atoms with Crippen LogP contribution in [0.5, 0.6) is 5.75 Å². The molecule has 100 valence electrons. The van der Waals surface area contributed by atoms with Gasteiger partial charge < -0.3 is 10.4 Å². The van der Waals surface area contributed by atoms with Crippen molar-refractivity contribution in [3.05, 3.63) is 58.1 Å². The van der Waals surface area contributed by atoms with E-state index in [2.05, 4.69) is 21.2 Å². The highest BCUT2D eigenvalue weighted by Gasteiger charge is 2.13. The van der Waals surface area contributed by atoms with Crippen LogP contribution in [0.1, 0.15) is 18.5 Å². The minimum atomic E-state index is -0.431. The molecule has 0 fully saturated rings. The third-order valence-corrected chi connectivity index (χ3v) is 3.45. The molecule has 2 aromatic rings. The molecule has 0 saturated carbocycles. The number of halogens is 3. The van der Waals surface area contributed by atoms with Crippen molar-refractivity contribution in [1.82, 2.24) is 0 Å². The van der Waals surface area contributed by atoms with Gasteiger partial charge in [-0.15, -0.1) is 0 Å². The maximum absolute atomic E-state index is 13.2. The van der Waals surface area contributed by atoms with Crippen LogP contribution in [0.2, 0.25) is 0 Å². The van der Waals surface area contributed by atoms with Crippen LogP contribution in [-0.4, -0.2) is 5.11 Å². The Morgan fingerprint density at radius 1 is 1.11 bits per heavy atom. The topological polar surface area (TPSA) is 32.3 Å². The molecule has 0 heterocycles. The quantitative estimate of drug-likeness (QED) is 0.863. The highest BCUT2D eigenvalue weighted by Crippen LogP contribution is 2.31. The maximum atomic E-state index is 13.2. The van der Waals surface area contributed by atoms with E-state index >= 15 is 0 Å². The number of hydrogen-bond acceptors (Lipinski definition) is 2. The smallest absolute Gasteiger partial charge is 0.125 e. The van der Waals surface area contributed by atoms with E-state index in [9.17, 15) is 13.9 Å². The molecular weight excluding hydrogens is 316 g/mol. The van der Waals surface area contributed by atoms with Crippen LogP contribution >= 0.6 is 15.9 Å². The van der Waals surface area contributed by atoms with Crippen molar-refractivity contribution in [3.63, 3.8) is 0 Å². The summed E-state index contributed by atoms with van der Waals surface area (Å²) in [6, 6.07) is 7.61. The molecule has 1 atom stereocenters. The monoisotopic (exact) mass is 327 g/mol. The molecule has 0 spiro atoms. The molecule has 2 rings (SSSR count). The minimum Gasteiger partial charge on any atom is -0.508 e. The fourth-order valence-corrected chi connectivity index (χ4v) is 2.15. The van der Waals surface area contributed by atoms with E-state index in [1.54, 1.807) is 13.0 Å². The Balaban J connectivity index is 2.27. The molecule has 2 aromatic carbocycles. The zero-order valence-electron chi connectivity index (χ0n) is 10.1. The highest BCUT2D eigenvalue weighted by atomic mass is 79.9. The van der Waals surface area contributed by atoms with E-state index in [1.807, 2.05) is 0 Å². The van der Waals surface area contributed by atoms with Crippen LogP contribution in [0.4, 0.5) is 14.5 Å². The minimum absolute atomic E-state index is 0.00562. The van der Waals surface area contributed by atoms with Gasteiger partial charge in [0.25, 0.3) is 0 Å². The second-order valence-corrected chi connectivity index (χ2v) is 5.05. The van der Waals surface area contributed by atoms with Crippen molar-refractivity contribution < 1.29 is 13.9 Å². The Morgan fingerprint density at radius 2 is 1.74 bits per heavy atom. The lowest BCUT2D eigenvalue weighted by molar-refractivity contribution is 0.462. The Morgan fingerprint density at radius 3 is 2.47 bits per heavy atom. The van der Waals surface area contributed by atoms with Crippen LogP contribution in [0.15, 0.2) is 40.9 Å².